The molecular weight excluding hydrogens is 1250 g/mol. The minimum Gasteiger partial charge on any atom is -0.462 e. The zero-order chi connectivity index (χ0) is 70.3. The van der Waals surface area contributed by atoms with E-state index in [-0.39, 0.29) is 25.7 Å². The lowest BCUT2D eigenvalue weighted by molar-refractivity contribution is -0.161. The van der Waals surface area contributed by atoms with Crippen molar-refractivity contribution >= 4 is 39.5 Å². The number of phosphoric ester groups is 2. The second kappa shape index (κ2) is 65.4. The maximum absolute atomic E-state index is 13.1. The molecule has 17 nitrogen and oxygen atoms in total. The fourth-order valence-electron chi connectivity index (χ4n) is 11.5. The zero-order valence-corrected chi connectivity index (χ0v) is 64.1. The van der Waals surface area contributed by atoms with Crippen molar-refractivity contribution in [1.29, 1.82) is 0 Å². The standard InChI is InChI=1S/C76H148O17P2/c1-9-68(7)54-46-38-30-22-17-19-24-32-40-48-56-73(78)86-62-71(92-75(80)58-50-42-33-25-16-14-12-11-13-15-21-28-36-44-52-66(3)4)64-90-94(82,83)88-60-70(77)61-89-95(84,85)91-65-72(63-87-74(79)57-49-41-35-27-29-37-45-53-67(5)6)93-76(81)59-51-43-34-26-20-18-23-31-39-47-55-69(8)10-2/h66-72,77H,9-65H2,1-8H3,(H,82,83)(H,84,85)/t68?,69?,70?,71-,72-/m1/s1. The Morgan fingerprint density at radius 2 is 0.505 bits per heavy atom. The predicted octanol–water partition coefficient (Wildman–Crippen LogP) is 22.0. The van der Waals surface area contributed by atoms with Gasteiger partial charge in [-0.15, -0.1) is 0 Å². The molecule has 0 saturated heterocycles. The van der Waals surface area contributed by atoms with Crippen LogP contribution in [-0.4, -0.2) is 96.7 Å². The number of carbonyl (C=O) groups is 4. The molecule has 0 rings (SSSR count). The molecule has 3 N–H and O–H groups in total. The van der Waals surface area contributed by atoms with E-state index in [1.165, 1.54) is 180 Å². The van der Waals surface area contributed by atoms with Gasteiger partial charge in [-0.2, -0.15) is 0 Å². The number of phosphoric acid groups is 2. The van der Waals surface area contributed by atoms with Gasteiger partial charge in [0.15, 0.2) is 12.2 Å². The van der Waals surface area contributed by atoms with Gasteiger partial charge in [0.1, 0.15) is 19.3 Å². The van der Waals surface area contributed by atoms with Gasteiger partial charge in [-0.05, 0) is 49.4 Å². The van der Waals surface area contributed by atoms with Crippen LogP contribution in [-0.2, 0) is 65.4 Å². The van der Waals surface area contributed by atoms with Crippen molar-refractivity contribution in [3.63, 3.8) is 0 Å². The van der Waals surface area contributed by atoms with Gasteiger partial charge in [-0.25, -0.2) is 9.13 Å². The van der Waals surface area contributed by atoms with Crippen molar-refractivity contribution in [1.82, 2.24) is 0 Å². The van der Waals surface area contributed by atoms with Crippen molar-refractivity contribution < 1.29 is 80.2 Å². The molecule has 0 bridgehead atoms. The highest BCUT2D eigenvalue weighted by Crippen LogP contribution is 2.45. The third-order valence-corrected chi connectivity index (χ3v) is 20.2. The van der Waals surface area contributed by atoms with E-state index in [1.54, 1.807) is 0 Å². The Morgan fingerprint density at radius 3 is 0.747 bits per heavy atom. The quantitative estimate of drug-likeness (QED) is 0.0222. The van der Waals surface area contributed by atoms with E-state index in [0.29, 0.717) is 31.6 Å². The summed E-state index contributed by atoms with van der Waals surface area (Å²) in [5, 5.41) is 10.6. The van der Waals surface area contributed by atoms with Gasteiger partial charge < -0.3 is 33.8 Å². The molecule has 0 aromatic carbocycles. The number of rotatable bonds is 73. The Morgan fingerprint density at radius 1 is 0.295 bits per heavy atom. The molecule has 0 fully saturated rings. The average molecular weight is 1400 g/mol. The lowest BCUT2D eigenvalue weighted by atomic mass is 9.99. The van der Waals surface area contributed by atoms with Gasteiger partial charge in [-0.1, -0.05) is 331 Å². The number of esters is 4. The van der Waals surface area contributed by atoms with Crippen LogP contribution in [0, 0.1) is 23.7 Å². The minimum atomic E-state index is -4.96. The molecule has 0 radical (unpaired) electrons. The lowest BCUT2D eigenvalue weighted by Crippen LogP contribution is -2.30. The number of unbranched alkanes of at least 4 members (excludes halogenated alkanes) is 37. The van der Waals surface area contributed by atoms with E-state index in [1.807, 2.05) is 0 Å². The SMILES string of the molecule is CCC(C)CCCCCCCCCCCCC(=O)OC[C@H](COP(=O)(O)OCC(O)COP(=O)(O)OC[C@@H](COC(=O)CCCCCCCCCC(C)C)OC(=O)CCCCCCCCCCCCC(C)CC)OC(=O)CCCCCCCCCCCCCCCCC(C)C. The fraction of sp³-hybridized carbons (Fsp3) is 0.947. The van der Waals surface area contributed by atoms with Gasteiger partial charge in [0.2, 0.25) is 0 Å². The summed E-state index contributed by atoms with van der Waals surface area (Å²) >= 11 is 0. The largest absolute Gasteiger partial charge is 0.472 e. The molecule has 0 aliphatic heterocycles. The Kier molecular flexibility index (Phi) is 64.0. The summed E-state index contributed by atoms with van der Waals surface area (Å²) < 4.78 is 68.5. The summed E-state index contributed by atoms with van der Waals surface area (Å²) in [6.07, 6.45) is 49.8. The molecule has 5 unspecified atom stereocenters. The highest BCUT2D eigenvalue weighted by Gasteiger charge is 2.30. The summed E-state index contributed by atoms with van der Waals surface area (Å²) in [6, 6.07) is 0. The highest BCUT2D eigenvalue weighted by atomic mass is 31.2. The Balaban J connectivity index is 5.27. The number of hydrogen-bond donors (Lipinski definition) is 3. The Hall–Kier alpha value is -1.94. The van der Waals surface area contributed by atoms with Crippen LogP contribution in [0.25, 0.3) is 0 Å². The van der Waals surface area contributed by atoms with E-state index in [4.69, 9.17) is 37.0 Å². The van der Waals surface area contributed by atoms with Crippen molar-refractivity contribution in [2.75, 3.05) is 39.6 Å². The van der Waals surface area contributed by atoms with Crippen molar-refractivity contribution in [3.8, 4) is 0 Å². The molecule has 564 valence electrons. The molecule has 7 atom stereocenters. The first kappa shape index (κ1) is 93.1. The molecule has 0 spiro atoms. The summed E-state index contributed by atoms with van der Waals surface area (Å²) in [5.74, 6) is 0.992. The van der Waals surface area contributed by atoms with Crippen LogP contribution >= 0.6 is 15.6 Å². The summed E-state index contributed by atoms with van der Waals surface area (Å²) in [6.45, 7) is 14.2. The van der Waals surface area contributed by atoms with Crippen LogP contribution in [0.3, 0.4) is 0 Å². The zero-order valence-electron chi connectivity index (χ0n) is 62.3. The fourth-order valence-corrected chi connectivity index (χ4v) is 13.1. The maximum Gasteiger partial charge on any atom is 0.472 e. The second-order valence-electron chi connectivity index (χ2n) is 28.8. The number of ether oxygens (including phenoxy) is 4. The van der Waals surface area contributed by atoms with E-state index >= 15 is 0 Å². The molecule has 19 heteroatoms. The first-order chi connectivity index (χ1) is 45.7. The van der Waals surface area contributed by atoms with E-state index in [2.05, 4.69) is 55.4 Å². The molecule has 0 aliphatic rings. The van der Waals surface area contributed by atoms with Gasteiger partial charge in [0.25, 0.3) is 0 Å². The van der Waals surface area contributed by atoms with E-state index in [0.717, 1.165) is 114 Å². The third-order valence-electron chi connectivity index (χ3n) is 18.3. The number of carbonyl (C=O) groups excluding carboxylic acids is 4. The third kappa shape index (κ3) is 67.6. The van der Waals surface area contributed by atoms with Crippen LogP contribution in [0.5, 0.6) is 0 Å². The van der Waals surface area contributed by atoms with Gasteiger partial charge in [0.05, 0.1) is 26.4 Å². The topological polar surface area (TPSA) is 237 Å². The molecule has 0 aromatic rings. The van der Waals surface area contributed by atoms with Crippen molar-refractivity contribution in [2.45, 2.75) is 401 Å². The maximum atomic E-state index is 13.1. The Bertz CT molecular complexity index is 1870. The molecule has 0 aliphatic carbocycles. The van der Waals surface area contributed by atoms with Crippen LogP contribution in [0.4, 0.5) is 0 Å². The molecule has 0 amide bonds. The molecule has 0 saturated carbocycles. The van der Waals surface area contributed by atoms with Crippen molar-refractivity contribution in [2.24, 2.45) is 23.7 Å². The number of aliphatic hydroxyl groups is 1. The van der Waals surface area contributed by atoms with E-state index < -0.39 is 97.5 Å². The lowest BCUT2D eigenvalue weighted by Gasteiger charge is -2.21. The second-order valence-corrected chi connectivity index (χ2v) is 31.7. The van der Waals surface area contributed by atoms with E-state index in [9.17, 15) is 43.2 Å². The summed E-state index contributed by atoms with van der Waals surface area (Å²) in [5.41, 5.74) is 0. The molecule has 95 heavy (non-hydrogen) atoms. The molecule has 0 aromatic heterocycles. The first-order valence-electron chi connectivity index (χ1n) is 39.3. The van der Waals surface area contributed by atoms with Crippen LogP contribution < -0.4 is 0 Å². The van der Waals surface area contributed by atoms with Gasteiger partial charge >= 0.3 is 39.5 Å². The van der Waals surface area contributed by atoms with Crippen LogP contribution in [0.1, 0.15) is 383 Å². The average Bonchev–Trinajstić information content (AvgIpc) is 1.47. The van der Waals surface area contributed by atoms with Gasteiger partial charge in [-0.3, -0.25) is 37.3 Å². The van der Waals surface area contributed by atoms with Crippen LogP contribution in [0.2, 0.25) is 0 Å². The Labute approximate surface area is 581 Å². The summed E-state index contributed by atoms with van der Waals surface area (Å²) in [4.78, 5) is 72.8. The number of aliphatic hydroxyl groups excluding tert-OH is 1. The normalized spacial score (nSPS) is 14.7. The smallest absolute Gasteiger partial charge is 0.462 e. The first-order valence-corrected chi connectivity index (χ1v) is 42.3. The molecule has 0 heterocycles. The summed E-state index contributed by atoms with van der Waals surface area (Å²) in [7, 11) is -9.91. The molecular formula is C76H148O17P2. The van der Waals surface area contributed by atoms with Crippen LogP contribution in [0.15, 0.2) is 0 Å². The minimum absolute atomic E-state index is 0.105. The monoisotopic (exact) mass is 1400 g/mol. The van der Waals surface area contributed by atoms with Gasteiger partial charge in [0, 0.05) is 25.7 Å². The number of hydrogen-bond acceptors (Lipinski definition) is 15. The predicted molar refractivity (Wildman–Crippen MR) is 386 cm³/mol. The highest BCUT2D eigenvalue weighted by molar-refractivity contribution is 7.47. The van der Waals surface area contributed by atoms with Crippen molar-refractivity contribution in [3.05, 3.63) is 0 Å².